The van der Waals surface area contributed by atoms with E-state index in [1.165, 1.54) is 5.56 Å². The van der Waals surface area contributed by atoms with Crippen LogP contribution in [0.5, 0.6) is 0 Å². The normalized spacial score (nSPS) is 11.4. The summed E-state index contributed by atoms with van der Waals surface area (Å²) >= 11 is 1.56. The molecule has 140 valence electrons. The van der Waals surface area contributed by atoms with Crippen molar-refractivity contribution in [2.45, 2.75) is 37.6 Å². The lowest BCUT2D eigenvalue weighted by atomic mass is 9.87. The molecule has 3 rings (SSSR count). The average Bonchev–Trinajstić information content (AvgIpc) is 3.19. The molecule has 0 fully saturated rings. The van der Waals surface area contributed by atoms with Gasteiger partial charge in [0.2, 0.25) is 5.91 Å². The molecule has 0 aliphatic heterocycles. The van der Waals surface area contributed by atoms with E-state index in [2.05, 4.69) is 61.4 Å². The second-order valence-electron chi connectivity index (χ2n) is 7.48. The molecule has 0 aliphatic carbocycles. The third-order valence-corrected chi connectivity index (χ3v) is 5.31. The number of rotatable bonds is 6. The monoisotopic (exact) mass is 379 g/mol. The number of nitrogens with zero attached hydrogens (tertiary/aromatic N) is 2. The van der Waals surface area contributed by atoms with Gasteiger partial charge in [0.05, 0.1) is 12.1 Å². The highest BCUT2D eigenvalue weighted by Gasteiger charge is 2.13. The Morgan fingerprint density at radius 1 is 1.15 bits per heavy atom. The maximum Gasteiger partial charge on any atom is 0.230 e. The van der Waals surface area contributed by atoms with E-state index in [1.807, 2.05) is 29.0 Å². The number of benzene rings is 2. The van der Waals surface area contributed by atoms with E-state index in [1.54, 1.807) is 24.3 Å². The highest BCUT2D eigenvalue weighted by Crippen LogP contribution is 2.25. The molecule has 27 heavy (non-hydrogen) atoms. The Morgan fingerprint density at radius 2 is 1.93 bits per heavy atom. The SMILES string of the molecule is CC(C)(C)c1ccc(SCC(=O)NCc2cccc(-n3ccnc3)c2)cc1. The lowest BCUT2D eigenvalue weighted by Crippen LogP contribution is -2.24. The Kier molecular flexibility index (Phi) is 6.01. The summed E-state index contributed by atoms with van der Waals surface area (Å²) in [4.78, 5) is 17.4. The first-order valence-electron chi connectivity index (χ1n) is 8.99. The zero-order valence-corrected chi connectivity index (χ0v) is 16.8. The van der Waals surface area contributed by atoms with Gasteiger partial charge in [-0.15, -0.1) is 11.8 Å². The zero-order valence-electron chi connectivity index (χ0n) is 16.0. The second kappa shape index (κ2) is 8.44. The van der Waals surface area contributed by atoms with Crippen molar-refractivity contribution in [3.8, 4) is 5.69 Å². The summed E-state index contributed by atoms with van der Waals surface area (Å²) in [6.07, 6.45) is 5.41. The fourth-order valence-corrected chi connectivity index (χ4v) is 3.42. The number of carbonyl (C=O) groups is 1. The van der Waals surface area contributed by atoms with E-state index in [0.717, 1.165) is 16.1 Å². The highest BCUT2D eigenvalue weighted by molar-refractivity contribution is 8.00. The summed E-state index contributed by atoms with van der Waals surface area (Å²) in [7, 11) is 0. The number of thioether (sulfide) groups is 1. The second-order valence-corrected chi connectivity index (χ2v) is 8.53. The first-order chi connectivity index (χ1) is 12.9. The van der Waals surface area contributed by atoms with Gasteiger partial charge in [0.1, 0.15) is 0 Å². The van der Waals surface area contributed by atoms with E-state index in [4.69, 9.17) is 0 Å². The van der Waals surface area contributed by atoms with E-state index < -0.39 is 0 Å². The summed E-state index contributed by atoms with van der Waals surface area (Å²) in [5.74, 6) is 0.448. The van der Waals surface area contributed by atoms with Crippen LogP contribution in [0.1, 0.15) is 31.9 Å². The van der Waals surface area contributed by atoms with Crippen LogP contribution < -0.4 is 5.32 Å². The van der Waals surface area contributed by atoms with Gasteiger partial charge in [0.25, 0.3) is 0 Å². The Balaban J connectivity index is 1.49. The molecular weight excluding hydrogens is 354 g/mol. The molecule has 0 saturated heterocycles. The lowest BCUT2D eigenvalue weighted by molar-refractivity contribution is -0.118. The minimum atomic E-state index is 0.0351. The van der Waals surface area contributed by atoms with Crippen molar-refractivity contribution in [1.29, 1.82) is 0 Å². The summed E-state index contributed by atoms with van der Waals surface area (Å²) in [6.45, 7) is 7.12. The van der Waals surface area contributed by atoms with Crippen LogP contribution in [0.25, 0.3) is 5.69 Å². The van der Waals surface area contributed by atoms with Gasteiger partial charge < -0.3 is 9.88 Å². The lowest BCUT2D eigenvalue weighted by Gasteiger charge is -2.19. The minimum absolute atomic E-state index is 0.0351. The van der Waals surface area contributed by atoms with Crippen molar-refractivity contribution in [2.75, 3.05) is 5.75 Å². The van der Waals surface area contributed by atoms with Crippen LogP contribution in [-0.2, 0) is 16.8 Å². The zero-order chi connectivity index (χ0) is 19.3. The van der Waals surface area contributed by atoms with Crippen LogP contribution in [0, 0.1) is 0 Å². The Bertz CT molecular complexity index is 881. The molecule has 4 nitrogen and oxygen atoms in total. The third kappa shape index (κ3) is 5.47. The quantitative estimate of drug-likeness (QED) is 0.638. The molecule has 1 N–H and O–H groups in total. The van der Waals surface area contributed by atoms with Gasteiger partial charge in [0, 0.05) is 29.5 Å². The van der Waals surface area contributed by atoms with Gasteiger partial charge in [-0.2, -0.15) is 0 Å². The van der Waals surface area contributed by atoms with E-state index in [-0.39, 0.29) is 11.3 Å². The molecule has 5 heteroatoms. The van der Waals surface area contributed by atoms with Gasteiger partial charge in [-0.1, -0.05) is 45.0 Å². The van der Waals surface area contributed by atoms with Crippen molar-refractivity contribution >= 4 is 17.7 Å². The number of nitrogens with one attached hydrogen (secondary N) is 1. The minimum Gasteiger partial charge on any atom is -0.351 e. The van der Waals surface area contributed by atoms with Crippen molar-refractivity contribution in [3.63, 3.8) is 0 Å². The summed E-state index contributed by atoms with van der Waals surface area (Å²) < 4.78 is 1.95. The Morgan fingerprint density at radius 3 is 2.59 bits per heavy atom. The van der Waals surface area contributed by atoms with Crippen LogP contribution in [0.3, 0.4) is 0 Å². The first kappa shape index (κ1) is 19.2. The van der Waals surface area contributed by atoms with Crippen molar-refractivity contribution in [1.82, 2.24) is 14.9 Å². The number of amides is 1. The van der Waals surface area contributed by atoms with Crippen LogP contribution in [0.15, 0.2) is 72.1 Å². The number of aromatic nitrogens is 2. The number of hydrogen-bond donors (Lipinski definition) is 1. The number of carbonyl (C=O) groups excluding carboxylic acids is 1. The standard InChI is InChI=1S/C22H25N3OS/c1-22(2,3)18-7-9-20(10-8-18)27-15-21(26)24-14-17-5-4-6-19(13-17)25-12-11-23-16-25/h4-13,16H,14-15H2,1-3H3,(H,24,26). The Labute approximate surface area is 165 Å². The predicted octanol–water partition coefficient (Wildman–Crippen LogP) is 4.58. The van der Waals surface area contributed by atoms with Crippen LogP contribution in [0.2, 0.25) is 0 Å². The van der Waals surface area contributed by atoms with Gasteiger partial charge in [0.15, 0.2) is 0 Å². The first-order valence-corrected chi connectivity index (χ1v) is 9.98. The molecule has 0 atom stereocenters. The Hall–Kier alpha value is -2.53. The molecule has 0 unspecified atom stereocenters. The number of imidazole rings is 1. The van der Waals surface area contributed by atoms with E-state index in [9.17, 15) is 4.79 Å². The molecule has 0 saturated carbocycles. The average molecular weight is 380 g/mol. The van der Waals surface area contributed by atoms with Gasteiger partial charge in [-0.3, -0.25) is 4.79 Å². The molecule has 1 amide bonds. The summed E-state index contributed by atoms with van der Waals surface area (Å²) in [5.41, 5.74) is 3.54. The molecule has 0 radical (unpaired) electrons. The van der Waals surface area contributed by atoms with Crippen LogP contribution >= 0.6 is 11.8 Å². The molecule has 2 aromatic carbocycles. The molecule has 0 bridgehead atoms. The van der Waals surface area contributed by atoms with E-state index >= 15 is 0 Å². The molecule has 0 spiro atoms. The molecule has 1 heterocycles. The molecule has 0 aliphatic rings. The largest absolute Gasteiger partial charge is 0.351 e. The van der Waals surface area contributed by atoms with Gasteiger partial charge >= 0.3 is 0 Å². The summed E-state index contributed by atoms with van der Waals surface area (Å²) in [6, 6.07) is 16.5. The van der Waals surface area contributed by atoms with Crippen molar-refractivity contribution in [3.05, 3.63) is 78.4 Å². The van der Waals surface area contributed by atoms with E-state index in [0.29, 0.717) is 12.3 Å². The maximum atomic E-state index is 12.2. The van der Waals surface area contributed by atoms with Gasteiger partial charge in [-0.05, 0) is 40.8 Å². The fraction of sp³-hybridized carbons (Fsp3) is 0.273. The predicted molar refractivity (Wildman–Crippen MR) is 111 cm³/mol. The highest BCUT2D eigenvalue weighted by atomic mass is 32.2. The topological polar surface area (TPSA) is 46.9 Å². The van der Waals surface area contributed by atoms with Crippen molar-refractivity contribution in [2.24, 2.45) is 0 Å². The van der Waals surface area contributed by atoms with Crippen LogP contribution in [0.4, 0.5) is 0 Å². The fourth-order valence-electron chi connectivity index (χ4n) is 2.69. The number of hydrogen-bond acceptors (Lipinski definition) is 3. The summed E-state index contributed by atoms with van der Waals surface area (Å²) in [5, 5.41) is 2.99. The maximum absolute atomic E-state index is 12.2. The van der Waals surface area contributed by atoms with Crippen LogP contribution in [-0.4, -0.2) is 21.2 Å². The third-order valence-electron chi connectivity index (χ3n) is 4.29. The smallest absolute Gasteiger partial charge is 0.230 e. The molecular formula is C22H25N3OS. The van der Waals surface area contributed by atoms with Gasteiger partial charge in [-0.25, -0.2) is 4.98 Å². The molecule has 3 aromatic rings. The molecule has 1 aromatic heterocycles. The van der Waals surface area contributed by atoms with Crippen molar-refractivity contribution < 1.29 is 4.79 Å².